The number of carbonyl (C=O) groups is 2. The lowest BCUT2D eigenvalue weighted by Crippen LogP contribution is -2.52. The van der Waals surface area contributed by atoms with Crippen molar-refractivity contribution < 1.29 is 18.0 Å². The monoisotopic (exact) mass is 565 g/mol. The summed E-state index contributed by atoms with van der Waals surface area (Å²) in [7, 11) is -3.76. The molecule has 0 aromatic heterocycles. The molecule has 0 spiro atoms. The van der Waals surface area contributed by atoms with E-state index in [1.165, 1.54) is 4.90 Å². The summed E-state index contributed by atoms with van der Waals surface area (Å²) in [5, 5.41) is 2.92. The van der Waals surface area contributed by atoms with Gasteiger partial charge in [-0.1, -0.05) is 66.5 Å². The van der Waals surface area contributed by atoms with E-state index in [9.17, 15) is 18.0 Å². The third kappa shape index (κ3) is 8.35. The van der Waals surface area contributed by atoms with E-state index >= 15 is 0 Å². The number of benzene rings is 2. The van der Waals surface area contributed by atoms with Crippen LogP contribution in [0, 0.1) is 19.8 Å². The zero-order valence-electron chi connectivity index (χ0n) is 21.3. The molecule has 0 heterocycles. The van der Waals surface area contributed by atoms with Gasteiger partial charge < -0.3 is 10.2 Å². The molecule has 2 aromatic rings. The zero-order valence-corrected chi connectivity index (χ0v) is 23.7. The van der Waals surface area contributed by atoms with Crippen LogP contribution in [0.4, 0.5) is 5.69 Å². The van der Waals surface area contributed by atoms with Crippen LogP contribution in [0.3, 0.4) is 0 Å². The minimum atomic E-state index is -3.76. The summed E-state index contributed by atoms with van der Waals surface area (Å²) >= 11 is 3.43. The molecular weight excluding hydrogens is 530 g/mol. The Bertz CT molecular complexity index is 1130. The molecular formula is C26H36BrN3O4S. The molecule has 0 radical (unpaired) electrons. The van der Waals surface area contributed by atoms with Crippen LogP contribution in [0.2, 0.25) is 0 Å². The van der Waals surface area contributed by atoms with Crippen molar-refractivity contribution in [3.8, 4) is 0 Å². The van der Waals surface area contributed by atoms with Gasteiger partial charge in [0.1, 0.15) is 12.6 Å². The Morgan fingerprint density at radius 2 is 1.69 bits per heavy atom. The Labute approximate surface area is 218 Å². The number of amides is 2. The predicted molar refractivity (Wildman–Crippen MR) is 145 cm³/mol. The van der Waals surface area contributed by atoms with Gasteiger partial charge in [-0.3, -0.25) is 13.9 Å². The number of nitrogens with zero attached hydrogens (tertiary/aromatic N) is 2. The Morgan fingerprint density at radius 1 is 1.06 bits per heavy atom. The standard InChI is InChI=1S/C26H36BrN3O4S/c1-7-24(26(32)28-15-18(2)3)29(16-21-10-8-19(4)9-11-21)25(31)17-30(35(6,33)34)22-12-13-23(27)20(5)14-22/h8-14,18,24H,7,15-17H2,1-6H3,(H,28,32). The number of anilines is 1. The number of sulfonamides is 1. The van der Waals surface area contributed by atoms with Gasteiger partial charge in [-0.05, 0) is 55.5 Å². The first kappa shape index (κ1) is 28.8. The normalized spacial score (nSPS) is 12.3. The maximum Gasteiger partial charge on any atom is 0.244 e. The average Bonchev–Trinajstić information content (AvgIpc) is 2.78. The second-order valence-electron chi connectivity index (χ2n) is 9.27. The van der Waals surface area contributed by atoms with Gasteiger partial charge >= 0.3 is 0 Å². The summed E-state index contributed by atoms with van der Waals surface area (Å²) in [6.07, 6.45) is 1.48. The quantitative estimate of drug-likeness (QED) is 0.437. The number of nitrogens with one attached hydrogen (secondary N) is 1. The van der Waals surface area contributed by atoms with E-state index in [1.54, 1.807) is 18.2 Å². The Balaban J connectivity index is 2.43. The first-order chi connectivity index (χ1) is 16.3. The fourth-order valence-electron chi connectivity index (χ4n) is 3.63. The van der Waals surface area contributed by atoms with E-state index in [4.69, 9.17) is 0 Å². The van der Waals surface area contributed by atoms with E-state index in [2.05, 4.69) is 21.2 Å². The van der Waals surface area contributed by atoms with Crippen LogP contribution in [0.1, 0.15) is 43.9 Å². The topological polar surface area (TPSA) is 86.8 Å². The maximum atomic E-state index is 13.7. The highest BCUT2D eigenvalue weighted by atomic mass is 79.9. The van der Waals surface area contributed by atoms with Crippen molar-refractivity contribution in [1.29, 1.82) is 0 Å². The van der Waals surface area contributed by atoms with Crippen LogP contribution in [0.15, 0.2) is 46.9 Å². The Hall–Kier alpha value is -2.39. The zero-order chi connectivity index (χ0) is 26.3. The van der Waals surface area contributed by atoms with Gasteiger partial charge in [0, 0.05) is 17.6 Å². The van der Waals surface area contributed by atoms with E-state index in [0.717, 1.165) is 31.7 Å². The van der Waals surface area contributed by atoms with Gasteiger partial charge in [-0.15, -0.1) is 0 Å². The lowest BCUT2D eigenvalue weighted by atomic mass is 10.1. The molecule has 2 rings (SSSR count). The third-order valence-corrected chi connectivity index (χ3v) is 7.68. The second kappa shape index (κ2) is 12.5. The average molecular weight is 567 g/mol. The molecule has 0 aliphatic heterocycles. The molecule has 0 bridgehead atoms. The summed E-state index contributed by atoms with van der Waals surface area (Å²) in [5.41, 5.74) is 3.19. The molecule has 1 atom stereocenters. The smallest absolute Gasteiger partial charge is 0.244 e. The van der Waals surface area contributed by atoms with Gasteiger partial charge in [0.15, 0.2) is 0 Å². The van der Waals surface area contributed by atoms with Crippen LogP contribution in [-0.4, -0.2) is 50.5 Å². The predicted octanol–water partition coefficient (Wildman–Crippen LogP) is 4.41. The summed E-state index contributed by atoms with van der Waals surface area (Å²) in [6.45, 7) is 9.97. The lowest BCUT2D eigenvalue weighted by Gasteiger charge is -2.33. The number of aryl methyl sites for hydroxylation is 2. The molecule has 35 heavy (non-hydrogen) atoms. The molecule has 0 fully saturated rings. The fourth-order valence-corrected chi connectivity index (χ4v) is 4.72. The minimum absolute atomic E-state index is 0.198. The van der Waals surface area contributed by atoms with E-state index in [1.807, 2.05) is 58.9 Å². The summed E-state index contributed by atoms with van der Waals surface area (Å²) < 4.78 is 27.3. The molecule has 7 nitrogen and oxygen atoms in total. The van der Waals surface area contributed by atoms with Crippen molar-refractivity contribution >= 4 is 43.5 Å². The minimum Gasteiger partial charge on any atom is -0.354 e. The largest absolute Gasteiger partial charge is 0.354 e. The SMILES string of the molecule is CCC(C(=O)NCC(C)C)N(Cc1ccc(C)cc1)C(=O)CN(c1ccc(Br)c(C)c1)S(C)(=O)=O. The molecule has 9 heteroatoms. The van der Waals surface area contributed by atoms with Gasteiger partial charge in [0.2, 0.25) is 21.8 Å². The van der Waals surface area contributed by atoms with E-state index < -0.39 is 28.5 Å². The van der Waals surface area contributed by atoms with Crippen molar-refractivity contribution in [3.05, 3.63) is 63.6 Å². The van der Waals surface area contributed by atoms with Crippen molar-refractivity contribution in [2.45, 2.75) is 53.6 Å². The molecule has 0 aliphatic carbocycles. The van der Waals surface area contributed by atoms with Gasteiger partial charge in [0.05, 0.1) is 11.9 Å². The molecule has 2 amide bonds. The summed E-state index contributed by atoms with van der Waals surface area (Å²) in [5.74, 6) is -0.422. The number of halogens is 1. The highest BCUT2D eigenvalue weighted by Crippen LogP contribution is 2.25. The van der Waals surface area contributed by atoms with Crippen LogP contribution in [0.25, 0.3) is 0 Å². The van der Waals surface area contributed by atoms with Crippen LogP contribution in [-0.2, 0) is 26.2 Å². The summed E-state index contributed by atoms with van der Waals surface area (Å²) in [6, 6.07) is 12.1. The molecule has 0 saturated carbocycles. The van der Waals surface area contributed by atoms with E-state index in [-0.39, 0.29) is 18.4 Å². The lowest BCUT2D eigenvalue weighted by molar-refractivity contribution is -0.140. The second-order valence-corrected chi connectivity index (χ2v) is 12.0. The number of hydrogen-bond donors (Lipinski definition) is 1. The van der Waals surface area contributed by atoms with Gasteiger partial charge in [-0.2, -0.15) is 0 Å². The maximum absolute atomic E-state index is 13.7. The van der Waals surface area contributed by atoms with E-state index in [0.29, 0.717) is 18.7 Å². The molecule has 1 unspecified atom stereocenters. The molecule has 2 aromatic carbocycles. The first-order valence-corrected chi connectivity index (χ1v) is 14.3. The highest BCUT2D eigenvalue weighted by molar-refractivity contribution is 9.10. The van der Waals surface area contributed by atoms with Crippen LogP contribution >= 0.6 is 15.9 Å². The van der Waals surface area contributed by atoms with Crippen molar-refractivity contribution in [2.75, 3.05) is 23.7 Å². The Kier molecular flexibility index (Phi) is 10.3. The highest BCUT2D eigenvalue weighted by Gasteiger charge is 2.31. The molecule has 192 valence electrons. The van der Waals surface area contributed by atoms with Crippen molar-refractivity contribution in [1.82, 2.24) is 10.2 Å². The van der Waals surface area contributed by atoms with Crippen molar-refractivity contribution in [2.24, 2.45) is 5.92 Å². The van der Waals surface area contributed by atoms with Crippen molar-refractivity contribution in [3.63, 3.8) is 0 Å². The third-order valence-electron chi connectivity index (χ3n) is 5.65. The fraction of sp³-hybridized carbons (Fsp3) is 0.462. The van der Waals surface area contributed by atoms with Gasteiger partial charge in [-0.25, -0.2) is 8.42 Å². The number of hydrogen-bond acceptors (Lipinski definition) is 4. The Morgan fingerprint density at radius 3 is 2.20 bits per heavy atom. The van der Waals surface area contributed by atoms with Crippen LogP contribution in [0.5, 0.6) is 0 Å². The van der Waals surface area contributed by atoms with Gasteiger partial charge in [0.25, 0.3) is 0 Å². The molecule has 0 aliphatic rings. The molecule has 0 saturated heterocycles. The van der Waals surface area contributed by atoms with Crippen LogP contribution < -0.4 is 9.62 Å². The number of carbonyl (C=O) groups excluding carboxylic acids is 2. The first-order valence-electron chi connectivity index (χ1n) is 11.7. The number of rotatable bonds is 11. The molecule has 1 N–H and O–H groups in total. The summed E-state index contributed by atoms with van der Waals surface area (Å²) in [4.78, 5) is 28.2.